The maximum atomic E-state index is 12.7. The number of fused-ring (bicyclic) bond motifs is 1. The van der Waals surface area contributed by atoms with Crippen LogP contribution >= 0.6 is 11.6 Å². The number of aromatic amines is 1. The first-order valence-electron chi connectivity index (χ1n) is 9.13. The van der Waals surface area contributed by atoms with Crippen molar-refractivity contribution in [3.8, 4) is 0 Å². The molecule has 1 fully saturated rings. The summed E-state index contributed by atoms with van der Waals surface area (Å²) < 4.78 is 0. The second-order valence-electron chi connectivity index (χ2n) is 7.16. The van der Waals surface area contributed by atoms with Gasteiger partial charge in [-0.15, -0.1) is 0 Å². The Morgan fingerprint density at radius 3 is 2.59 bits per heavy atom. The monoisotopic (exact) mass is 382 g/mol. The van der Waals surface area contributed by atoms with Crippen LogP contribution in [0.1, 0.15) is 16.1 Å². The van der Waals surface area contributed by atoms with Gasteiger partial charge in [-0.25, -0.2) is 0 Å². The zero-order valence-electron chi connectivity index (χ0n) is 15.6. The zero-order chi connectivity index (χ0) is 19.0. The van der Waals surface area contributed by atoms with E-state index < -0.39 is 0 Å². The van der Waals surface area contributed by atoms with Crippen molar-refractivity contribution in [2.24, 2.45) is 0 Å². The van der Waals surface area contributed by atoms with Crippen LogP contribution in [-0.2, 0) is 0 Å². The maximum absolute atomic E-state index is 12.7. The number of H-pyrrole nitrogens is 1. The van der Waals surface area contributed by atoms with Crippen molar-refractivity contribution in [3.05, 3.63) is 58.7 Å². The summed E-state index contributed by atoms with van der Waals surface area (Å²) in [6.45, 7) is 6.22. The first-order chi connectivity index (χ1) is 13.0. The van der Waals surface area contributed by atoms with Crippen molar-refractivity contribution >= 4 is 39.8 Å². The predicted molar refractivity (Wildman–Crippen MR) is 112 cm³/mol. The highest BCUT2D eigenvalue weighted by molar-refractivity contribution is 6.31. The van der Waals surface area contributed by atoms with Crippen LogP contribution in [0, 0.1) is 6.92 Å². The molecule has 0 saturated carbocycles. The third-order valence-electron chi connectivity index (χ3n) is 5.15. The number of likely N-dealkylation sites (N-methyl/N-ethyl adjacent to an activating group) is 1. The molecule has 2 heterocycles. The number of halogens is 1. The first kappa shape index (κ1) is 17.9. The van der Waals surface area contributed by atoms with Gasteiger partial charge in [0.05, 0.1) is 0 Å². The Bertz CT molecular complexity index is 989. The fraction of sp³-hybridized carbons (Fsp3) is 0.286. The van der Waals surface area contributed by atoms with E-state index in [4.69, 9.17) is 11.6 Å². The molecule has 1 aliphatic rings. The summed E-state index contributed by atoms with van der Waals surface area (Å²) in [5, 5.41) is 4.59. The Morgan fingerprint density at radius 2 is 1.85 bits per heavy atom. The highest BCUT2D eigenvalue weighted by atomic mass is 35.5. The minimum Gasteiger partial charge on any atom is -0.369 e. The number of aryl methyl sites for hydroxylation is 1. The van der Waals surface area contributed by atoms with E-state index in [1.54, 1.807) is 0 Å². The Kier molecular flexibility index (Phi) is 4.81. The normalized spacial score (nSPS) is 15.3. The van der Waals surface area contributed by atoms with E-state index in [2.05, 4.69) is 39.3 Å². The molecule has 4 rings (SSSR count). The molecule has 0 unspecified atom stereocenters. The number of aromatic nitrogens is 1. The van der Waals surface area contributed by atoms with Gasteiger partial charge in [-0.1, -0.05) is 11.6 Å². The van der Waals surface area contributed by atoms with E-state index >= 15 is 0 Å². The summed E-state index contributed by atoms with van der Waals surface area (Å²) in [5.74, 6) is -0.155. The van der Waals surface area contributed by atoms with Crippen LogP contribution in [0.25, 0.3) is 10.9 Å². The van der Waals surface area contributed by atoms with E-state index in [-0.39, 0.29) is 5.91 Å². The van der Waals surface area contributed by atoms with E-state index in [9.17, 15) is 4.79 Å². The molecule has 1 aliphatic heterocycles. The highest BCUT2D eigenvalue weighted by Gasteiger charge is 2.16. The number of benzene rings is 2. The largest absolute Gasteiger partial charge is 0.369 e. The second-order valence-corrected chi connectivity index (χ2v) is 7.59. The first-order valence-corrected chi connectivity index (χ1v) is 9.51. The number of carbonyl (C=O) groups is 1. The molecule has 0 spiro atoms. The topological polar surface area (TPSA) is 51.4 Å². The number of nitrogens with one attached hydrogen (secondary N) is 2. The van der Waals surface area contributed by atoms with E-state index in [0.29, 0.717) is 10.7 Å². The number of amides is 1. The summed E-state index contributed by atoms with van der Waals surface area (Å²) in [5.41, 5.74) is 4.51. The van der Waals surface area contributed by atoms with Crippen molar-refractivity contribution in [1.82, 2.24) is 9.88 Å². The van der Waals surface area contributed by atoms with Crippen molar-refractivity contribution in [2.75, 3.05) is 43.4 Å². The quantitative estimate of drug-likeness (QED) is 0.716. The van der Waals surface area contributed by atoms with Crippen LogP contribution in [0.3, 0.4) is 0 Å². The fourth-order valence-electron chi connectivity index (χ4n) is 3.46. The van der Waals surface area contributed by atoms with Crippen LogP contribution in [0.4, 0.5) is 11.4 Å². The average molecular weight is 383 g/mol. The average Bonchev–Trinajstić information content (AvgIpc) is 3.07. The molecule has 2 aromatic carbocycles. The van der Waals surface area contributed by atoms with Gasteiger partial charge in [0.15, 0.2) is 0 Å². The Labute approximate surface area is 163 Å². The van der Waals surface area contributed by atoms with Gasteiger partial charge in [0.25, 0.3) is 5.91 Å². The molecule has 5 nitrogen and oxygen atoms in total. The predicted octanol–water partition coefficient (Wildman–Crippen LogP) is 4.13. The standard InChI is InChI=1S/C21H23ClN4O/c1-14-11-17(26-9-7-25(2)8-10-26)4-6-18(14)24-21(27)20-13-15-12-16(22)3-5-19(15)23-20/h3-6,11-13,23H,7-10H2,1-2H3,(H,24,27). The number of nitrogens with zero attached hydrogens (tertiary/aromatic N) is 2. The Morgan fingerprint density at radius 1 is 1.07 bits per heavy atom. The fourth-order valence-corrected chi connectivity index (χ4v) is 3.65. The summed E-state index contributed by atoms with van der Waals surface area (Å²) in [4.78, 5) is 20.5. The molecule has 1 amide bonds. The van der Waals surface area contributed by atoms with Crippen LogP contribution in [0.2, 0.25) is 5.02 Å². The van der Waals surface area contributed by atoms with Crippen LogP contribution in [-0.4, -0.2) is 49.0 Å². The minimum absolute atomic E-state index is 0.155. The van der Waals surface area contributed by atoms with E-state index in [1.165, 1.54) is 5.69 Å². The third-order valence-corrected chi connectivity index (χ3v) is 5.39. The second kappa shape index (κ2) is 7.25. The van der Waals surface area contributed by atoms with Gasteiger partial charge >= 0.3 is 0 Å². The molecule has 1 saturated heterocycles. The third kappa shape index (κ3) is 3.80. The lowest BCUT2D eigenvalue weighted by atomic mass is 10.1. The van der Waals surface area contributed by atoms with Gasteiger partial charge < -0.3 is 20.1 Å². The molecular formula is C21H23ClN4O. The number of hydrogen-bond donors (Lipinski definition) is 2. The highest BCUT2D eigenvalue weighted by Crippen LogP contribution is 2.25. The molecule has 0 bridgehead atoms. The molecule has 6 heteroatoms. The molecular weight excluding hydrogens is 360 g/mol. The number of anilines is 2. The number of piperazine rings is 1. The van der Waals surface area contributed by atoms with Gasteiger partial charge in [-0.05, 0) is 62.0 Å². The van der Waals surface area contributed by atoms with Crippen molar-refractivity contribution in [1.29, 1.82) is 0 Å². The van der Waals surface area contributed by atoms with Gasteiger partial charge in [-0.2, -0.15) is 0 Å². The number of hydrogen-bond acceptors (Lipinski definition) is 3. The summed E-state index contributed by atoms with van der Waals surface area (Å²) >= 11 is 6.02. The van der Waals surface area contributed by atoms with Gasteiger partial charge in [0.2, 0.25) is 0 Å². The Balaban J connectivity index is 1.50. The molecule has 0 aliphatic carbocycles. The van der Waals surface area contributed by atoms with Crippen molar-refractivity contribution < 1.29 is 4.79 Å². The zero-order valence-corrected chi connectivity index (χ0v) is 16.3. The Hall–Kier alpha value is -2.50. The summed E-state index contributed by atoms with van der Waals surface area (Å²) in [7, 11) is 2.15. The molecule has 3 aromatic rings. The van der Waals surface area contributed by atoms with E-state index in [1.807, 2.05) is 37.3 Å². The van der Waals surface area contributed by atoms with Gasteiger partial charge in [0, 0.05) is 53.5 Å². The molecule has 27 heavy (non-hydrogen) atoms. The molecule has 1 aromatic heterocycles. The van der Waals surface area contributed by atoms with Gasteiger partial charge in [-0.3, -0.25) is 4.79 Å². The number of carbonyl (C=O) groups excluding carboxylic acids is 1. The van der Waals surface area contributed by atoms with Crippen LogP contribution in [0.15, 0.2) is 42.5 Å². The lowest BCUT2D eigenvalue weighted by Gasteiger charge is -2.34. The van der Waals surface area contributed by atoms with Crippen molar-refractivity contribution in [3.63, 3.8) is 0 Å². The van der Waals surface area contributed by atoms with Gasteiger partial charge in [0.1, 0.15) is 5.69 Å². The minimum atomic E-state index is -0.155. The number of rotatable bonds is 3. The molecule has 0 radical (unpaired) electrons. The van der Waals surface area contributed by atoms with Crippen LogP contribution in [0.5, 0.6) is 0 Å². The maximum Gasteiger partial charge on any atom is 0.272 e. The van der Waals surface area contributed by atoms with Crippen molar-refractivity contribution in [2.45, 2.75) is 6.92 Å². The lowest BCUT2D eigenvalue weighted by Crippen LogP contribution is -2.44. The lowest BCUT2D eigenvalue weighted by molar-refractivity contribution is 0.102. The smallest absolute Gasteiger partial charge is 0.272 e. The van der Waals surface area contributed by atoms with E-state index in [0.717, 1.165) is 48.3 Å². The molecule has 140 valence electrons. The summed E-state index contributed by atoms with van der Waals surface area (Å²) in [6, 6.07) is 13.6. The SMILES string of the molecule is Cc1cc(N2CCN(C)CC2)ccc1NC(=O)c1cc2cc(Cl)ccc2[nH]1. The molecule has 2 N–H and O–H groups in total. The molecule has 0 atom stereocenters. The van der Waals surface area contributed by atoms with Crippen LogP contribution < -0.4 is 10.2 Å². The summed E-state index contributed by atoms with van der Waals surface area (Å²) in [6.07, 6.45) is 0.